The van der Waals surface area contributed by atoms with Crippen LogP contribution in [0.4, 0.5) is 0 Å². The van der Waals surface area contributed by atoms with Gasteiger partial charge in [-0.1, -0.05) is 30.3 Å². The molecule has 0 spiro atoms. The van der Waals surface area contributed by atoms with Crippen LogP contribution in [0.3, 0.4) is 0 Å². The Bertz CT molecular complexity index is 464. The third-order valence-electron chi connectivity index (χ3n) is 3.62. The van der Waals surface area contributed by atoms with Crippen molar-refractivity contribution in [2.24, 2.45) is 0 Å². The summed E-state index contributed by atoms with van der Waals surface area (Å²) in [6.07, 6.45) is 1.20. The molecule has 0 atom stereocenters. The fourth-order valence-corrected chi connectivity index (χ4v) is 2.42. The molecule has 0 unspecified atom stereocenters. The van der Waals surface area contributed by atoms with Crippen molar-refractivity contribution in [3.8, 4) is 0 Å². The SMILES string of the molecule is CC(=O)CCNC(=O)C1(O)CC(c2ccccc2)C1. The molecule has 0 aromatic heterocycles. The number of amides is 1. The molecule has 1 aromatic carbocycles. The van der Waals surface area contributed by atoms with Gasteiger partial charge in [-0.3, -0.25) is 9.59 Å². The Hall–Kier alpha value is -1.68. The smallest absolute Gasteiger partial charge is 0.252 e. The fourth-order valence-electron chi connectivity index (χ4n) is 2.42. The van der Waals surface area contributed by atoms with Crippen molar-refractivity contribution < 1.29 is 14.7 Å². The van der Waals surface area contributed by atoms with Gasteiger partial charge in [0.1, 0.15) is 11.4 Å². The molecule has 0 bridgehead atoms. The molecule has 0 radical (unpaired) electrons. The van der Waals surface area contributed by atoms with Gasteiger partial charge in [0.05, 0.1) is 0 Å². The van der Waals surface area contributed by atoms with Gasteiger partial charge in [0.15, 0.2) is 0 Å². The van der Waals surface area contributed by atoms with Crippen LogP contribution >= 0.6 is 0 Å². The summed E-state index contributed by atoms with van der Waals surface area (Å²) in [5.74, 6) is -0.0891. The molecule has 4 heteroatoms. The van der Waals surface area contributed by atoms with E-state index in [9.17, 15) is 14.7 Å². The summed E-state index contributed by atoms with van der Waals surface area (Å²) in [7, 11) is 0. The number of carbonyl (C=O) groups excluding carboxylic acids is 2. The van der Waals surface area contributed by atoms with Crippen LogP contribution in [0.1, 0.15) is 37.7 Å². The highest BCUT2D eigenvalue weighted by Crippen LogP contribution is 2.44. The van der Waals surface area contributed by atoms with E-state index in [-0.39, 0.29) is 17.6 Å². The number of hydrogen-bond donors (Lipinski definition) is 2. The lowest BCUT2D eigenvalue weighted by atomic mass is 9.67. The summed E-state index contributed by atoms with van der Waals surface area (Å²) in [6, 6.07) is 9.89. The first-order valence-corrected chi connectivity index (χ1v) is 6.56. The van der Waals surface area contributed by atoms with Gasteiger partial charge in [-0.05, 0) is 31.2 Å². The molecule has 0 saturated heterocycles. The fraction of sp³-hybridized carbons (Fsp3) is 0.467. The summed E-state index contributed by atoms with van der Waals surface area (Å²) in [5.41, 5.74) is -0.110. The van der Waals surface area contributed by atoms with Crippen LogP contribution < -0.4 is 5.32 Å². The third kappa shape index (κ3) is 3.20. The number of aliphatic hydroxyl groups is 1. The highest BCUT2D eigenvalue weighted by atomic mass is 16.3. The second-order valence-corrected chi connectivity index (χ2v) is 5.26. The zero-order chi connectivity index (χ0) is 13.9. The lowest BCUT2D eigenvalue weighted by Gasteiger charge is -2.42. The summed E-state index contributed by atoms with van der Waals surface area (Å²) in [5, 5.41) is 12.8. The van der Waals surface area contributed by atoms with Gasteiger partial charge in [-0.15, -0.1) is 0 Å². The van der Waals surface area contributed by atoms with E-state index in [2.05, 4.69) is 5.32 Å². The first kappa shape index (κ1) is 13.7. The molecule has 0 aliphatic heterocycles. The van der Waals surface area contributed by atoms with Gasteiger partial charge in [-0.25, -0.2) is 0 Å². The Labute approximate surface area is 112 Å². The standard InChI is InChI=1S/C15H19NO3/c1-11(17)7-8-16-14(18)15(19)9-13(10-15)12-5-3-2-4-6-12/h2-6,13,19H,7-10H2,1H3,(H,16,18). The lowest BCUT2D eigenvalue weighted by molar-refractivity contribution is -0.150. The van der Waals surface area contributed by atoms with E-state index in [1.54, 1.807) is 0 Å². The predicted octanol–water partition coefficient (Wildman–Crippen LogP) is 1.39. The number of benzene rings is 1. The molecule has 1 aliphatic carbocycles. The zero-order valence-corrected chi connectivity index (χ0v) is 11.1. The second kappa shape index (κ2) is 5.53. The van der Waals surface area contributed by atoms with Crippen molar-refractivity contribution in [2.75, 3.05) is 6.54 Å². The van der Waals surface area contributed by atoms with Crippen molar-refractivity contribution in [1.82, 2.24) is 5.32 Å². The predicted molar refractivity (Wildman–Crippen MR) is 71.7 cm³/mol. The van der Waals surface area contributed by atoms with Crippen LogP contribution in [0.2, 0.25) is 0 Å². The van der Waals surface area contributed by atoms with E-state index >= 15 is 0 Å². The Morgan fingerprint density at radius 2 is 1.95 bits per heavy atom. The maximum absolute atomic E-state index is 11.8. The van der Waals surface area contributed by atoms with Crippen molar-refractivity contribution in [2.45, 2.75) is 37.7 Å². The Kier molecular flexibility index (Phi) is 4.00. The molecule has 0 heterocycles. The van der Waals surface area contributed by atoms with Gasteiger partial charge in [0.2, 0.25) is 0 Å². The Morgan fingerprint density at radius 3 is 2.53 bits per heavy atom. The molecule has 1 amide bonds. The lowest BCUT2D eigenvalue weighted by Crippen LogP contribution is -2.55. The van der Waals surface area contributed by atoms with Crippen LogP contribution in [-0.4, -0.2) is 28.9 Å². The van der Waals surface area contributed by atoms with Crippen LogP contribution in [0.5, 0.6) is 0 Å². The van der Waals surface area contributed by atoms with Crippen molar-refractivity contribution >= 4 is 11.7 Å². The topological polar surface area (TPSA) is 66.4 Å². The van der Waals surface area contributed by atoms with Crippen molar-refractivity contribution in [3.05, 3.63) is 35.9 Å². The molecule has 1 saturated carbocycles. The molecule has 1 aliphatic rings. The second-order valence-electron chi connectivity index (χ2n) is 5.26. The normalized spacial score (nSPS) is 25.5. The summed E-state index contributed by atoms with van der Waals surface area (Å²) in [4.78, 5) is 22.6. The highest BCUT2D eigenvalue weighted by Gasteiger charge is 2.48. The average molecular weight is 261 g/mol. The van der Waals surface area contributed by atoms with Gasteiger partial charge in [0, 0.05) is 13.0 Å². The maximum atomic E-state index is 11.8. The summed E-state index contributed by atoms with van der Waals surface area (Å²) >= 11 is 0. The largest absolute Gasteiger partial charge is 0.380 e. The minimum atomic E-state index is -1.27. The number of nitrogens with one attached hydrogen (secondary N) is 1. The minimum absolute atomic E-state index is 0.0306. The van der Waals surface area contributed by atoms with Gasteiger partial charge < -0.3 is 10.4 Å². The average Bonchev–Trinajstić information content (AvgIpc) is 2.35. The highest BCUT2D eigenvalue weighted by molar-refractivity contribution is 5.87. The molecule has 4 nitrogen and oxygen atoms in total. The number of Topliss-reactive ketones (excluding diaryl/α,β-unsaturated/α-hetero) is 1. The Balaban J connectivity index is 1.83. The van der Waals surface area contributed by atoms with Crippen LogP contribution in [0.15, 0.2) is 30.3 Å². The van der Waals surface area contributed by atoms with Gasteiger partial charge in [-0.2, -0.15) is 0 Å². The van der Waals surface area contributed by atoms with E-state index in [1.165, 1.54) is 6.92 Å². The van der Waals surface area contributed by atoms with E-state index in [1.807, 2.05) is 30.3 Å². The van der Waals surface area contributed by atoms with E-state index < -0.39 is 5.60 Å². The van der Waals surface area contributed by atoms with E-state index in [0.717, 1.165) is 5.56 Å². The monoisotopic (exact) mass is 261 g/mol. The molecule has 1 fully saturated rings. The summed E-state index contributed by atoms with van der Waals surface area (Å²) in [6.45, 7) is 1.78. The molecular formula is C15H19NO3. The van der Waals surface area contributed by atoms with Gasteiger partial charge in [0.25, 0.3) is 5.91 Å². The molecule has 2 rings (SSSR count). The minimum Gasteiger partial charge on any atom is -0.380 e. The molecule has 1 aromatic rings. The Morgan fingerprint density at radius 1 is 1.32 bits per heavy atom. The number of rotatable bonds is 5. The first-order valence-electron chi connectivity index (χ1n) is 6.56. The van der Waals surface area contributed by atoms with E-state index in [4.69, 9.17) is 0 Å². The molecule has 2 N–H and O–H groups in total. The quantitative estimate of drug-likeness (QED) is 0.841. The van der Waals surface area contributed by atoms with Crippen molar-refractivity contribution in [3.63, 3.8) is 0 Å². The zero-order valence-electron chi connectivity index (χ0n) is 11.1. The molecule has 102 valence electrons. The van der Waals surface area contributed by atoms with E-state index in [0.29, 0.717) is 25.8 Å². The maximum Gasteiger partial charge on any atom is 0.252 e. The first-order chi connectivity index (χ1) is 9.01. The van der Waals surface area contributed by atoms with Crippen LogP contribution in [-0.2, 0) is 9.59 Å². The van der Waals surface area contributed by atoms with Gasteiger partial charge >= 0.3 is 0 Å². The van der Waals surface area contributed by atoms with Crippen LogP contribution in [0, 0.1) is 0 Å². The number of hydrogen-bond acceptors (Lipinski definition) is 3. The number of ketones is 1. The third-order valence-corrected chi connectivity index (χ3v) is 3.62. The van der Waals surface area contributed by atoms with Crippen molar-refractivity contribution in [1.29, 1.82) is 0 Å². The van der Waals surface area contributed by atoms with Crippen LogP contribution in [0.25, 0.3) is 0 Å². The number of carbonyl (C=O) groups is 2. The summed E-state index contributed by atoms with van der Waals surface area (Å²) < 4.78 is 0. The molecule has 19 heavy (non-hydrogen) atoms. The molecular weight excluding hydrogens is 242 g/mol.